The van der Waals surface area contributed by atoms with E-state index in [1.807, 2.05) is 6.07 Å². The Hall–Kier alpha value is -0.830. The van der Waals surface area contributed by atoms with Crippen LogP contribution in [0.15, 0.2) is 21.8 Å². The lowest BCUT2D eigenvalue weighted by atomic mass is 10.1. The van der Waals surface area contributed by atoms with Crippen molar-refractivity contribution in [3.63, 3.8) is 0 Å². The van der Waals surface area contributed by atoms with Gasteiger partial charge in [0.25, 0.3) is 0 Å². The molecule has 0 atom stereocenters. The fraction of sp³-hybridized carbons (Fsp3) is 0.692. The molecule has 0 fully saturated rings. The number of halogens is 1. The lowest BCUT2D eigenvalue weighted by Gasteiger charge is -2.11. The lowest BCUT2D eigenvalue weighted by molar-refractivity contribution is 0.128. The summed E-state index contributed by atoms with van der Waals surface area (Å²) in [4.78, 5) is 4.11. The molecule has 7 heteroatoms. The summed E-state index contributed by atoms with van der Waals surface area (Å²) in [6.07, 6.45) is 2.65. The monoisotopic (exact) mass is 396 g/mol. The van der Waals surface area contributed by atoms with E-state index in [2.05, 4.69) is 34.6 Å². The van der Waals surface area contributed by atoms with Crippen LogP contribution in [0.5, 0.6) is 0 Å². The predicted octanol–water partition coefficient (Wildman–Crippen LogP) is 2.02. The second-order valence-corrected chi connectivity index (χ2v) is 4.64. The maximum absolute atomic E-state index is 5.52. The van der Waals surface area contributed by atoms with Crippen LogP contribution in [0.1, 0.15) is 26.0 Å². The summed E-state index contributed by atoms with van der Waals surface area (Å²) in [7, 11) is 1.73. The third-order valence-corrected chi connectivity index (χ3v) is 2.53. The van der Waals surface area contributed by atoms with E-state index in [9.17, 15) is 0 Å². The highest BCUT2D eigenvalue weighted by atomic mass is 127. The first-order valence-corrected chi connectivity index (χ1v) is 6.64. The zero-order valence-electron chi connectivity index (χ0n) is 12.4. The number of aromatic nitrogens is 1. The van der Waals surface area contributed by atoms with Gasteiger partial charge in [0.2, 0.25) is 0 Å². The van der Waals surface area contributed by atoms with Crippen molar-refractivity contribution in [1.82, 2.24) is 15.8 Å². The first-order chi connectivity index (χ1) is 9.22. The molecule has 20 heavy (non-hydrogen) atoms. The van der Waals surface area contributed by atoms with E-state index in [-0.39, 0.29) is 24.0 Å². The van der Waals surface area contributed by atoms with E-state index in [0.717, 1.165) is 31.2 Å². The standard InChI is InChI=1S/C13H24N4O2.HI/c1-11(2)4-7-18-9-6-15-13(14-3)16-10-12-5-8-19-17-12;/h5,8,11H,4,6-7,9-10H2,1-3H3,(H2,14,15,16);1H. The van der Waals surface area contributed by atoms with Gasteiger partial charge in [-0.15, -0.1) is 24.0 Å². The molecule has 0 aliphatic rings. The summed E-state index contributed by atoms with van der Waals surface area (Å²) in [5.74, 6) is 1.42. The summed E-state index contributed by atoms with van der Waals surface area (Å²) < 4.78 is 10.3. The van der Waals surface area contributed by atoms with E-state index in [4.69, 9.17) is 9.26 Å². The first kappa shape index (κ1) is 19.2. The maximum atomic E-state index is 5.52. The molecule has 0 saturated heterocycles. The molecule has 1 aromatic heterocycles. The number of nitrogens with one attached hydrogen (secondary N) is 2. The van der Waals surface area contributed by atoms with Gasteiger partial charge in [0, 0.05) is 26.3 Å². The quantitative estimate of drug-likeness (QED) is 0.305. The number of nitrogens with zero attached hydrogens (tertiary/aromatic N) is 2. The lowest BCUT2D eigenvalue weighted by Crippen LogP contribution is -2.38. The molecule has 0 saturated carbocycles. The minimum atomic E-state index is 0. The van der Waals surface area contributed by atoms with E-state index >= 15 is 0 Å². The zero-order chi connectivity index (χ0) is 13.9. The Balaban J connectivity index is 0.00000361. The van der Waals surface area contributed by atoms with Crippen molar-refractivity contribution in [2.75, 3.05) is 26.8 Å². The topological polar surface area (TPSA) is 71.7 Å². The van der Waals surface area contributed by atoms with Crippen LogP contribution in [0, 0.1) is 5.92 Å². The van der Waals surface area contributed by atoms with Crippen LogP contribution < -0.4 is 10.6 Å². The van der Waals surface area contributed by atoms with Gasteiger partial charge in [-0.05, 0) is 12.3 Å². The molecule has 0 spiro atoms. The average molecular weight is 396 g/mol. The number of aliphatic imine (C=N–C) groups is 1. The summed E-state index contributed by atoms with van der Waals surface area (Å²) in [5, 5.41) is 10.1. The summed E-state index contributed by atoms with van der Waals surface area (Å²) in [6.45, 7) is 7.19. The number of guanidine groups is 1. The van der Waals surface area contributed by atoms with Crippen molar-refractivity contribution in [2.45, 2.75) is 26.8 Å². The Bertz CT molecular complexity index is 355. The van der Waals surface area contributed by atoms with Gasteiger partial charge >= 0.3 is 0 Å². The fourth-order valence-electron chi connectivity index (χ4n) is 1.39. The second kappa shape index (κ2) is 12.0. The van der Waals surface area contributed by atoms with Gasteiger partial charge in [-0.2, -0.15) is 0 Å². The van der Waals surface area contributed by atoms with Gasteiger partial charge in [0.05, 0.1) is 13.2 Å². The molecule has 1 heterocycles. The Morgan fingerprint density at radius 2 is 2.20 bits per heavy atom. The van der Waals surface area contributed by atoms with Crippen molar-refractivity contribution in [3.05, 3.63) is 18.0 Å². The normalized spacial score (nSPS) is 11.3. The van der Waals surface area contributed by atoms with E-state index < -0.39 is 0 Å². The van der Waals surface area contributed by atoms with Crippen LogP contribution in [-0.4, -0.2) is 37.9 Å². The molecule has 0 bridgehead atoms. The molecule has 2 N–H and O–H groups in total. The largest absolute Gasteiger partial charge is 0.380 e. The van der Waals surface area contributed by atoms with Crippen molar-refractivity contribution in [2.24, 2.45) is 10.9 Å². The smallest absolute Gasteiger partial charge is 0.191 e. The Morgan fingerprint density at radius 3 is 2.80 bits per heavy atom. The van der Waals surface area contributed by atoms with E-state index in [1.165, 1.54) is 0 Å². The number of ether oxygens (including phenoxy) is 1. The SMILES string of the molecule is CN=C(NCCOCCC(C)C)NCc1ccon1.I. The third kappa shape index (κ3) is 9.13. The Morgan fingerprint density at radius 1 is 1.40 bits per heavy atom. The van der Waals surface area contributed by atoms with E-state index in [0.29, 0.717) is 19.1 Å². The Kier molecular flexibility index (Phi) is 11.5. The van der Waals surface area contributed by atoms with E-state index in [1.54, 1.807) is 13.3 Å². The highest BCUT2D eigenvalue weighted by Crippen LogP contribution is 1.98. The zero-order valence-corrected chi connectivity index (χ0v) is 14.7. The van der Waals surface area contributed by atoms with Crippen molar-refractivity contribution >= 4 is 29.9 Å². The molecule has 0 unspecified atom stereocenters. The summed E-state index contributed by atoms with van der Waals surface area (Å²) in [6, 6.07) is 1.81. The maximum Gasteiger partial charge on any atom is 0.191 e. The van der Waals surface area contributed by atoms with Crippen molar-refractivity contribution in [3.8, 4) is 0 Å². The molecule has 1 rings (SSSR count). The van der Waals surface area contributed by atoms with Gasteiger partial charge in [-0.1, -0.05) is 19.0 Å². The van der Waals surface area contributed by atoms with Crippen LogP contribution in [-0.2, 0) is 11.3 Å². The minimum Gasteiger partial charge on any atom is -0.380 e. The highest BCUT2D eigenvalue weighted by molar-refractivity contribution is 14.0. The predicted molar refractivity (Wildman–Crippen MR) is 90.4 cm³/mol. The van der Waals surface area contributed by atoms with Crippen LogP contribution in [0.25, 0.3) is 0 Å². The fourth-order valence-corrected chi connectivity index (χ4v) is 1.39. The van der Waals surface area contributed by atoms with Crippen molar-refractivity contribution < 1.29 is 9.26 Å². The molecule has 0 aliphatic carbocycles. The van der Waals surface area contributed by atoms with Gasteiger partial charge in [0.1, 0.15) is 12.0 Å². The van der Waals surface area contributed by atoms with Crippen molar-refractivity contribution in [1.29, 1.82) is 0 Å². The molecule has 0 amide bonds. The number of hydrogen-bond donors (Lipinski definition) is 2. The van der Waals surface area contributed by atoms with Gasteiger partial charge in [0.15, 0.2) is 5.96 Å². The molecular weight excluding hydrogens is 371 g/mol. The van der Waals surface area contributed by atoms with Gasteiger partial charge in [-0.25, -0.2) is 0 Å². The Labute approximate surface area is 137 Å². The molecule has 116 valence electrons. The number of rotatable bonds is 8. The molecule has 6 nitrogen and oxygen atoms in total. The average Bonchev–Trinajstić information content (AvgIpc) is 2.90. The second-order valence-electron chi connectivity index (χ2n) is 4.64. The van der Waals surface area contributed by atoms with Crippen LogP contribution in [0.4, 0.5) is 0 Å². The number of hydrogen-bond acceptors (Lipinski definition) is 4. The summed E-state index contributed by atoms with van der Waals surface area (Å²) >= 11 is 0. The summed E-state index contributed by atoms with van der Waals surface area (Å²) in [5.41, 5.74) is 0.844. The molecule has 0 radical (unpaired) electrons. The first-order valence-electron chi connectivity index (χ1n) is 6.64. The third-order valence-electron chi connectivity index (χ3n) is 2.53. The van der Waals surface area contributed by atoms with Crippen LogP contribution >= 0.6 is 24.0 Å². The van der Waals surface area contributed by atoms with Gasteiger partial charge < -0.3 is 19.9 Å². The van der Waals surface area contributed by atoms with Crippen LogP contribution in [0.2, 0.25) is 0 Å². The molecule has 1 aromatic rings. The van der Waals surface area contributed by atoms with Gasteiger partial charge in [-0.3, -0.25) is 4.99 Å². The highest BCUT2D eigenvalue weighted by Gasteiger charge is 2.00. The minimum absolute atomic E-state index is 0. The van der Waals surface area contributed by atoms with Crippen LogP contribution in [0.3, 0.4) is 0 Å². The molecular formula is C13H25IN4O2. The molecule has 0 aromatic carbocycles. The molecule has 0 aliphatic heterocycles.